The third-order valence-electron chi connectivity index (χ3n) is 4.04. The fourth-order valence-corrected chi connectivity index (χ4v) is 3.05. The van der Waals surface area contributed by atoms with Crippen LogP contribution in [-0.2, 0) is 16.1 Å². The molecule has 4 nitrogen and oxygen atoms in total. The highest BCUT2D eigenvalue weighted by Gasteiger charge is 2.46. The number of hydrogen-bond donors (Lipinski definition) is 1. The van der Waals surface area contributed by atoms with Gasteiger partial charge in [0.1, 0.15) is 5.82 Å². The van der Waals surface area contributed by atoms with Crippen molar-refractivity contribution in [1.29, 1.82) is 0 Å². The predicted molar refractivity (Wildman–Crippen MR) is 93.1 cm³/mol. The number of nitrogens with zero attached hydrogens (tertiary/aromatic N) is 1. The maximum Gasteiger partial charge on any atom is 0.309 e. The van der Waals surface area contributed by atoms with Crippen LogP contribution in [-0.4, -0.2) is 17.6 Å². The molecule has 1 unspecified atom stereocenters. The van der Waals surface area contributed by atoms with Crippen molar-refractivity contribution in [1.82, 2.24) is 4.98 Å². The Morgan fingerprint density at radius 1 is 1.42 bits per heavy atom. The molecule has 1 aliphatic carbocycles. The predicted octanol–water partition coefficient (Wildman–Crippen LogP) is 4.26. The van der Waals surface area contributed by atoms with Crippen LogP contribution in [0, 0.1) is 11.7 Å². The molecule has 1 aromatic carbocycles. The van der Waals surface area contributed by atoms with Crippen LogP contribution in [0.1, 0.15) is 30.5 Å². The average Bonchev–Trinajstić information content (AvgIpc) is 3.37. The van der Waals surface area contributed by atoms with Gasteiger partial charge in [-0.1, -0.05) is 15.9 Å². The number of halogens is 2. The molecular weight excluding hydrogens is 375 g/mol. The Balaban J connectivity index is 1.58. The highest BCUT2D eigenvalue weighted by atomic mass is 79.9. The van der Waals surface area contributed by atoms with Gasteiger partial charge in [-0.25, -0.2) is 4.39 Å². The van der Waals surface area contributed by atoms with Crippen LogP contribution in [0.3, 0.4) is 0 Å². The Morgan fingerprint density at radius 3 is 2.96 bits per heavy atom. The number of carbonyl (C=O) groups excluding carboxylic acids is 1. The Bertz CT molecular complexity index is 736. The third-order valence-corrected chi connectivity index (χ3v) is 4.53. The lowest BCUT2D eigenvalue weighted by Gasteiger charge is -2.08. The van der Waals surface area contributed by atoms with E-state index in [1.807, 2.05) is 19.1 Å². The van der Waals surface area contributed by atoms with Crippen LogP contribution >= 0.6 is 15.9 Å². The van der Waals surface area contributed by atoms with E-state index in [0.717, 1.165) is 22.3 Å². The van der Waals surface area contributed by atoms with Crippen molar-refractivity contribution in [2.24, 2.45) is 5.92 Å². The zero-order chi connectivity index (χ0) is 17.1. The number of aromatic nitrogens is 1. The first-order chi connectivity index (χ1) is 11.6. The summed E-state index contributed by atoms with van der Waals surface area (Å²) in [6.45, 7) is 2.59. The minimum absolute atomic E-state index is 0.0629. The average molecular weight is 393 g/mol. The SMILES string of the molecule is CCOC(=O)[C@@H]1CC1c1ccc(NCc2cc(Br)ccc2F)cn1. The summed E-state index contributed by atoms with van der Waals surface area (Å²) < 4.78 is 19.6. The van der Waals surface area contributed by atoms with Crippen molar-refractivity contribution in [2.45, 2.75) is 25.8 Å². The summed E-state index contributed by atoms with van der Waals surface area (Å²) in [7, 11) is 0. The largest absolute Gasteiger partial charge is 0.466 e. The van der Waals surface area contributed by atoms with Gasteiger partial charge in [0, 0.05) is 28.2 Å². The van der Waals surface area contributed by atoms with Crippen molar-refractivity contribution in [3.8, 4) is 0 Å². The highest BCUT2D eigenvalue weighted by molar-refractivity contribution is 9.10. The maximum atomic E-state index is 13.7. The van der Waals surface area contributed by atoms with Gasteiger partial charge in [-0.15, -0.1) is 0 Å². The second-order valence-corrected chi connectivity index (χ2v) is 6.68. The monoisotopic (exact) mass is 392 g/mol. The van der Waals surface area contributed by atoms with E-state index in [0.29, 0.717) is 18.7 Å². The molecule has 1 saturated carbocycles. The summed E-state index contributed by atoms with van der Waals surface area (Å²) in [6, 6.07) is 8.66. The van der Waals surface area contributed by atoms with E-state index >= 15 is 0 Å². The van der Waals surface area contributed by atoms with Crippen molar-refractivity contribution < 1.29 is 13.9 Å². The zero-order valence-electron chi connectivity index (χ0n) is 13.3. The van der Waals surface area contributed by atoms with Gasteiger partial charge in [0.05, 0.1) is 24.4 Å². The Morgan fingerprint density at radius 2 is 2.25 bits per heavy atom. The smallest absolute Gasteiger partial charge is 0.309 e. The number of rotatable bonds is 6. The van der Waals surface area contributed by atoms with Gasteiger partial charge in [-0.05, 0) is 43.7 Å². The molecule has 1 aromatic heterocycles. The first kappa shape index (κ1) is 16.9. The number of pyridine rings is 1. The van der Waals surface area contributed by atoms with E-state index in [9.17, 15) is 9.18 Å². The number of hydrogen-bond acceptors (Lipinski definition) is 4. The standard InChI is InChI=1S/C18H18BrFN2O2/c1-2-24-18(23)15-8-14(15)17-6-4-13(10-22-17)21-9-11-7-12(19)3-5-16(11)20/h3-7,10,14-15,21H,2,8-9H2,1H3/t14?,15-/m1/s1. The summed E-state index contributed by atoms with van der Waals surface area (Å²) in [5.74, 6) is -0.296. The lowest BCUT2D eigenvalue weighted by molar-refractivity contribution is -0.144. The molecule has 1 N–H and O–H groups in total. The van der Waals surface area contributed by atoms with Gasteiger partial charge in [0.2, 0.25) is 0 Å². The molecule has 6 heteroatoms. The van der Waals surface area contributed by atoms with Crippen LogP contribution in [0.2, 0.25) is 0 Å². The molecule has 2 atom stereocenters. The third kappa shape index (κ3) is 3.93. The van der Waals surface area contributed by atoms with Crippen LogP contribution < -0.4 is 5.32 Å². The molecule has 3 rings (SSSR count). The first-order valence-electron chi connectivity index (χ1n) is 7.89. The van der Waals surface area contributed by atoms with Gasteiger partial charge in [0.25, 0.3) is 0 Å². The quantitative estimate of drug-likeness (QED) is 0.746. The molecule has 2 aromatic rings. The fraction of sp³-hybridized carbons (Fsp3) is 0.333. The van der Waals surface area contributed by atoms with Crippen LogP contribution in [0.4, 0.5) is 10.1 Å². The lowest BCUT2D eigenvalue weighted by Crippen LogP contribution is -2.07. The minimum atomic E-state index is -0.245. The molecule has 1 aliphatic rings. The molecule has 24 heavy (non-hydrogen) atoms. The van der Waals surface area contributed by atoms with E-state index in [4.69, 9.17) is 4.74 Å². The zero-order valence-corrected chi connectivity index (χ0v) is 14.8. The Labute approximate surface area is 148 Å². The van der Waals surface area contributed by atoms with E-state index in [2.05, 4.69) is 26.2 Å². The molecule has 1 fully saturated rings. The summed E-state index contributed by atoms with van der Waals surface area (Å²) >= 11 is 3.34. The van der Waals surface area contributed by atoms with Crippen LogP contribution in [0.15, 0.2) is 41.0 Å². The molecule has 0 aliphatic heterocycles. The molecular formula is C18H18BrFN2O2. The molecule has 0 radical (unpaired) electrons. The summed E-state index contributed by atoms with van der Waals surface area (Å²) in [6.07, 6.45) is 2.51. The van der Waals surface area contributed by atoms with Crippen molar-refractivity contribution >= 4 is 27.6 Å². The fourth-order valence-electron chi connectivity index (χ4n) is 2.64. The number of anilines is 1. The highest BCUT2D eigenvalue weighted by Crippen LogP contribution is 2.47. The Kier molecular flexibility index (Phi) is 5.14. The molecule has 0 amide bonds. The lowest BCUT2D eigenvalue weighted by atomic mass is 10.2. The number of carbonyl (C=O) groups is 1. The number of benzene rings is 1. The Hall–Kier alpha value is -1.95. The minimum Gasteiger partial charge on any atom is -0.466 e. The second-order valence-electron chi connectivity index (χ2n) is 5.76. The van der Waals surface area contributed by atoms with Gasteiger partial charge in [0.15, 0.2) is 0 Å². The van der Waals surface area contributed by atoms with Gasteiger partial charge in [-0.2, -0.15) is 0 Å². The van der Waals surface area contributed by atoms with Crippen LogP contribution in [0.5, 0.6) is 0 Å². The van der Waals surface area contributed by atoms with Crippen LogP contribution in [0.25, 0.3) is 0 Å². The van der Waals surface area contributed by atoms with Gasteiger partial charge in [-0.3, -0.25) is 9.78 Å². The number of esters is 1. The van der Waals surface area contributed by atoms with Gasteiger partial charge < -0.3 is 10.1 Å². The maximum absolute atomic E-state index is 13.7. The first-order valence-corrected chi connectivity index (χ1v) is 8.68. The summed E-state index contributed by atoms with van der Waals surface area (Å²) in [5.41, 5.74) is 2.29. The molecule has 0 saturated heterocycles. The molecule has 0 spiro atoms. The van der Waals surface area contributed by atoms with E-state index in [-0.39, 0.29) is 23.6 Å². The second kappa shape index (κ2) is 7.30. The normalized spacial score (nSPS) is 19.0. The van der Waals surface area contributed by atoms with E-state index in [1.54, 1.807) is 18.3 Å². The summed E-state index contributed by atoms with van der Waals surface area (Å²) in [5, 5.41) is 3.15. The van der Waals surface area contributed by atoms with Gasteiger partial charge >= 0.3 is 5.97 Å². The van der Waals surface area contributed by atoms with Crippen molar-refractivity contribution in [3.05, 3.63) is 58.1 Å². The van der Waals surface area contributed by atoms with E-state index in [1.165, 1.54) is 6.07 Å². The van der Waals surface area contributed by atoms with Crippen molar-refractivity contribution in [2.75, 3.05) is 11.9 Å². The van der Waals surface area contributed by atoms with E-state index < -0.39 is 0 Å². The molecule has 1 heterocycles. The number of nitrogens with one attached hydrogen (secondary N) is 1. The molecule has 126 valence electrons. The topological polar surface area (TPSA) is 51.2 Å². The molecule has 0 bridgehead atoms. The summed E-state index contributed by atoms with van der Waals surface area (Å²) in [4.78, 5) is 16.1. The van der Waals surface area contributed by atoms with Crippen molar-refractivity contribution in [3.63, 3.8) is 0 Å². The number of ether oxygens (including phenoxy) is 1.